The lowest BCUT2D eigenvalue weighted by molar-refractivity contribution is -0.114. The van der Waals surface area contributed by atoms with Crippen molar-refractivity contribution >= 4 is 51.0 Å². The highest BCUT2D eigenvalue weighted by molar-refractivity contribution is 5.91. The smallest absolute Gasteiger partial charge is 0.221 e. The summed E-state index contributed by atoms with van der Waals surface area (Å²) in [6.45, 7) is 5.66. The molecule has 264 valence electrons. The Bertz CT molecular complexity index is 2480. The minimum atomic E-state index is -0.119. The molecule has 13 nitrogen and oxygen atoms in total. The van der Waals surface area contributed by atoms with E-state index in [0.717, 1.165) is 22.1 Å². The number of benzene rings is 4. The van der Waals surface area contributed by atoms with Gasteiger partial charge in [-0.1, -0.05) is 60.7 Å². The van der Waals surface area contributed by atoms with Gasteiger partial charge in [-0.05, 0) is 61.4 Å². The molecule has 0 saturated carbocycles. The monoisotopic (exact) mass is 702 g/mol. The van der Waals surface area contributed by atoms with Crippen molar-refractivity contribution in [1.82, 2.24) is 39.0 Å². The number of imidazole rings is 2. The van der Waals surface area contributed by atoms with Crippen LogP contribution in [0.2, 0.25) is 0 Å². The number of amides is 1. The van der Waals surface area contributed by atoms with Crippen LogP contribution in [-0.4, -0.2) is 44.9 Å². The average molecular weight is 703 g/mol. The van der Waals surface area contributed by atoms with Crippen molar-refractivity contribution in [3.8, 4) is 11.6 Å². The summed E-state index contributed by atoms with van der Waals surface area (Å²) in [5, 5.41) is 9.56. The Morgan fingerprint density at radius 1 is 0.642 bits per heavy atom. The zero-order valence-electron chi connectivity index (χ0n) is 29.4. The Kier molecular flexibility index (Phi) is 9.96. The van der Waals surface area contributed by atoms with Gasteiger partial charge in [-0.15, -0.1) is 0 Å². The summed E-state index contributed by atoms with van der Waals surface area (Å²) < 4.78 is 3.74. The highest BCUT2D eigenvalue weighted by Crippen LogP contribution is 2.24. The normalized spacial score (nSPS) is 12.1. The predicted molar refractivity (Wildman–Crippen MR) is 209 cm³/mol. The molecule has 0 radical (unpaired) electrons. The van der Waals surface area contributed by atoms with Crippen molar-refractivity contribution in [2.45, 2.75) is 32.9 Å². The predicted octanol–water partition coefficient (Wildman–Crippen LogP) is 7.52. The first-order valence-electron chi connectivity index (χ1n) is 17.1. The van der Waals surface area contributed by atoms with E-state index < -0.39 is 0 Å². The summed E-state index contributed by atoms with van der Waals surface area (Å²) in [5.74, 6) is 2.60. The Labute approximate surface area is 306 Å². The van der Waals surface area contributed by atoms with Crippen molar-refractivity contribution in [3.05, 3.63) is 146 Å². The van der Waals surface area contributed by atoms with Crippen LogP contribution in [0.15, 0.2) is 135 Å². The molecule has 0 bridgehead atoms. The van der Waals surface area contributed by atoms with Gasteiger partial charge in [0.25, 0.3) is 0 Å². The number of nitrogen functional groups attached to an aromatic ring is 1. The van der Waals surface area contributed by atoms with E-state index in [1.165, 1.54) is 18.1 Å². The minimum absolute atomic E-state index is 0.0941. The van der Waals surface area contributed by atoms with Gasteiger partial charge in [-0.2, -0.15) is 0 Å². The molecule has 4 heterocycles. The van der Waals surface area contributed by atoms with Crippen LogP contribution in [0.25, 0.3) is 33.7 Å². The highest BCUT2D eigenvalue weighted by Gasteiger charge is 2.12. The SMILES string of the molecule is CC(=O)Nc1ccc2ncn(-c3cncc(N[C@@H](C)c4ccccc4)n3)c2c1.C[C@H](Nc1cncc(-n2cnc3ccc(N)cc32)n1)c1ccccc1. The second-order valence-corrected chi connectivity index (χ2v) is 12.4. The van der Waals surface area contributed by atoms with Crippen LogP contribution in [0, 0.1) is 0 Å². The summed E-state index contributed by atoms with van der Waals surface area (Å²) in [5.41, 5.74) is 13.1. The van der Waals surface area contributed by atoms with E-state index in [4.69, 9.17) is 5.73 Å². The molecular weight excluding hydrogens is 665 g/mol. The molecule has 0 saturated heterocycles. The van der Waals surface area contributed by atoms with Crippen molar-refractivity contribution in [2.75, 3.05) is 21.7 Å². The number of hydrogen-bond donors (Lipinski definition) is 4. The van der Waals surface area contributed by atoms with Gasteiger partial charge in [0.2, 0.25) is 5.91 Å². The minimum Gasteiger partial charge on any atom is -0.399 e. The van der Waals surface area contributed by atoms with Crippen molar-refractivity contribution in [1.29, 1.82) is 0 Å². The molecule has 4 aromatic heterocycles. The number of aromatic nitrogens is 8. The first-order valence-corrected chi connectivity index (χ1v) is 17.1. The molecule has 13 heteroatoms. The van der Waals surface area contributed by atoms with Crippen LogP contribution in [0.1, 0.15) is 44.0 Å². The third-order valence-corrected chi connectivity index (χ3v) is 8.50. The zero-order valence-corrected chi connectivity index (χ0v) is 29.4. The molecule has 2 atom stereocenters. The van der Waals surface area contributed by atoms with Gasteiger partial charge in [0, 0.05) is 30.4 Å². The number of fused-ring (bicyclic) bond motifs is 2. The maximum Gasteiger partial charge on any atom is 0.221 e. The third-order valence-electron chi connectivity index (χ3n) is 8.50. The zero-order chi connectivity index (χ0) is 36.7. The summed E-state index contributed by atoms with van der Waals surface area (Å²) >= 11 is 0. The third kappa shape index (κ3) is 8.10. The number of nitrogens with zero attached hydrogens (tertiary/aromatic N) is 8. The van der Waals surface area contributed by atoms with Gasteiger partial charge in [0.15, 0.2) is 11.6 Å². The van der Waals surface area contributed by atoms with Crippen LogP contribution < -0.4 is 21.7 Å². The Morgan fingerprint density at radius 2 is 1.13 bits per heavy atom. The number of nitrogens with two attached hydrogens (primary N) is 1. The lowest BCUT2D eigenvalue weighted by atomic mass is 10.1. The number of carbonyl (C=O) groups excluding carboxylic acids is 1. The number of anilines is 4. The van der Waals surface area contributed by atoms with Crippen LogP contribution in [0.3, 0.4) is 0 Å². The van der Waals surface area contributed by atoms with Crippen molar-refractivity contribution < 1.29 is 4.79 Å². The molecular formula is C40H38N12O. The van der Waals surface area contributed by atoms with Gasteiger partial charge in [0.1, 0.15) is 24.3 Å². The van der Waals surface area contributed by atoms with E-state index in [9.17, 15) is 4.79 Å². The van der Waals surface area contributed by atoms with Gasteiger partial charge in [-0.3, -0.25) is 23.9 Å². The van der Waals surface area contributed by atoms with Gasteiger partial charge in [-0.25, -0.2) is 19.9 Å². The van der Waals surface area contributed by atoms with Crippen LogP contribution in [0.5, 0.6) is 0 Å². The van der Waals surface area contributed by atoms with Crippen molar-refractivity contribution in [3.63, 3.8) is 0 Å². The average Bonchev–Trinajstić information content (AvgIpc) is 3.80. The molecule has 0 spiro atoms. The fourth-order valence-corrected chi connectivity index (χ4v) is 5.85. The molecule has 1 amide bonds. The van der Waals surface area contributed by atoms with Gasteiger partial charge >= 0.3 is 0 Å². The second kappa shape index (κ2) is 15.4. The maximum absolute atomic E-state index is 11.3. The van der Waals surface area contributed by atoms with Crippen molar-refractivity contribution in [2.24, 2.45) is 0 Å². The summed E-state index contributed by atoms with van der Waals surface area (Å²) in [6.07, 6.45) is 10.3. The fourth-order valence-electron chi connectivity index (χ4n) is 5.85. The molecule has 8 aromatic rings. The van der Waals surface area contributed by atoms with E-state index in [2.05, 4.69) is 84.0 Å². The first kappa shape index (κ1) is 34.3. The number of nitrogens with one attached hydrogen (secondary N) is 3. The molecule has 0 fully saturated rings. The Balaban J connectivity index is 0.000000165. The fraction of sp³-hybridized carbons (Fsp3) is 0.125. The van der Waals surface area contributed by atoms with Crippen LogP contribution >= 0.6 is 0 Å². The Hall–Kier alpha value is -7.15. The van der Waals surface area contributed by atoms with E-state index >= 15 is 0 Å². The first-order chi connectivity index (χ1) is 25.8. The summed E-state index contributed by atoms with van der Waals surface area (Å²) in [6, 6.07) is 31.8. The molecule has 0 aliphatic carbocycles. The number of hydrogen-bond acceptors (Lipinski definition) is 10. The largest absolute Gasteiger partial charge is 0.399 e. The summed E-state index contributed by atoms with van der Waals surface area (Å²) in [7, 11) is 0. The molecule has 8 rings (SSSR count). The van der Waals surface area contributed by atoms with E-state index in [1.807, 2.05) is 81.9 Å². The van der Waals surface area contributed by atoms with Gasteiger partial charge in [0.05, 0.1) is 46.9 Å². The molecule has 0 unspecified atom stereocenters. The quantitative estimate of drug-likeness (QED) is 0.111. The lowest BCUT2D eigenvalue weighted by Crippen LogP contribution is -2.09. The molecule has 0 aliphatic heterocycles. The molecule has 53 heavy (non-hydrogen) atoms. The van der Waals surface area contributed by atoms with Crippen LogP contribution in [-0.2, 0) is 4.79 Å². The van der Waals surface area contributed by atoms with Crippen LogP contribution in [0.4, 0.5) is 23.0 Å². The molecule has 5 N–H and O–H groups in total. The molecule has 4 aromatic carbocycles. The van der Waals surface area contributed by atoms with E-state index in [1.54, 1.807) is 37.4 Å². The lowest BCUT2D eigenvalue weighted by Gasteiger charge is -2.15. The highest BCUT2D eigenvalue weighted by atomic mass is 16.1. The van der Waals surface area contributed by atoms with E-state index in [-0.39, 0.29) is 18.0 Å². The van der Waals surface area contributed by atoms with E-state index in [0.29, 0.717) is 34.6 Å². The van der Waals surface area contributed by atoms with Gasteiger partial charge < -0.3 is 21.7 Å². The number of carbonyl (C=O) groups is 1. The maximum atomic E-state index is 11.3. The molecule has 0 aliphatic rings. The number of rotatable bonds is 9. The standard InChI is InChI=1S/C21H20N6O.C19H18N6/c1-14(16-6-4-3-5-7-16)24-20-11-22-12-21(26-20)27-13-23-18-9-8-17(10-19(18)27)25-15(2)28;1-13(14-5-3-2-4-6-14)23-18-10-21-11-19(24-18)25-12-22-16-8-7-15(20)9-17(16)25/h3-14H,1-2H3,(H,24,26)(H,25,28);2-13H,20H2,1H3,(H,23,24)/t14-;13-/m00/s1. The summed E-state index contributed by atoms with van der Waals surface area (Å²) in [4.78, 5) is 38.1. The second-order valence-electron chi connectivity index (χ2n) is 12.4. The Morgan fingerprint density at radius 3 is 1.64 bits per heavy atom. The topological polar surface area (TPSA) is 166 Å².